The molecule has 0 aliphatic carbocycles. The number of rotatable bonds is 3. The summed E-state index contributed by atoms with van der Waals surface area (Å²) < 4.78 is 0. The molecule has 0 N–H and O–H groups in total. The summed E-state index contributed by atoms with van der Waals surface area (Å²) in [5, 5.41) is 13.6. The van der Waals surface area contributed by atoms with E-state index in [1.807, 2.05) is 24.0 Å². The molecule has 0 atom stereocenters. The Morgan fingerprint density at radius 1 is 1.65 bits per heavy atom. The molecule has 1 aromatic heterocycles. The summed E-state index contributed by atoms with van der Waals surface area (Å²) >= 11 is 1.42. The summed E-state index contributed by atoms with van der Waals surface area (Å²) in [6, 6.07) is 3.91. The van der Waals surface area contributed by atoms with Crippen LogP contribution in [0.3, 0.4) is 0 Å². The van der Waals surface area contributed by atoms with Crippen LogP contribution in [0.5, 0.6) is 0 Å². The number of thioether (sulfide) groups is 1. The lowest BCUT2D eigenvalue weighted by molar-refractivity contribution is -0.485. The number of nitro groups is 1. The van der Waals surface area contributed by atoms with Gasteiger partial charge in [-0.3, -0.25) is 4.98 Å². The predicted molar refractivity (Wildman–Crippen MR) is 66.3 cm³/mol. The molecule has 0 unspecified atom stereocenters. The summed E-state index contributed by atoms with van der Waals surface area (Å²) in [5.41, 5.74) is 2.00. The molecule has 1 saturated heterocycles. The second-order valence-corrected chi connectivity index (χ2v) is 4.76. The lowest BCUT2D eigenvalue weighted by atomic mass is 10.2. The molecule has 2 heterocycles. The third-order valence-corrected chi connectivity index (χ3v) is 3.36. The van der Waals surface area contributed by atoms with E-state index in [4.69, 9.17) is 0 Å². The smallest absolute Gasteiger partial charge is 0.238 e. The van der Waals surface area contributed by atoms with Gasteiger partial charge in [0.05, 0.1) is 5.10 Å². The van der Waals surface area contributed by atoms with E-state index in [-0.39, 0.29) is 0 Å². The van der Waals surface area contributed by atoms with Gasteiger partial charge in [0, 0.05) is 30.7 Å². The Bertz CT molecular complexity index is 446. The molecule has 7 heteroatoms. The number of aryl methyl sites for hydroxylation is 1. The zero-order chi connectivity index (χ0) is 12.3. The summed E-state index contributed by atoms with van der Waals surface area (Å²) in [6.07, 6.45) is 1.79. The van der Waals surface area contributed by atoms with Crippen LogP contribution in [-0.4, -0.2) is 32.4 Å². The van der Waals surface area contributed by atoms with Crippen molar-refractivity contribution < 1.29 is 5.03 Å². The van der Waals surface area contributed by atoms with Crippen LogP contribution in [0, 0.1) is 17.0 Å². The molecule has 2 rings (SSSR count). The van der Waals surface area contributed by atoms with Gasteiger partial charge in [-0.15, -0.1) is 0 Å². The van der Waals surface area contributed by atoms with Gasteiger partial charge in [0.15, 0.2) is 5.03 Å². The van der Waals surface area contributed by atoms with E-state index < -0.39 is 5.03 Å². The maximum atomic E-state index is 10.4. The highest BCUT2D eigenvalue weighted by Crippen LogP contribution is 2.20. The van der Waals surface area contributed by atoms with Crippen molar-refractivity contribution in [3.8, 4) is 0 Å². The van der Waals surface area contributed by atoms with Gasteiger partial charge < -0.3 is 4.90 Å². The predicted octanol–water partition coefficient (Wildman–Crippen LogP) is 1.49. The van der Waals surface area contributed by atoms with Crippen LogP contribution in [0.2, 0.25) is 0 Å². The van der Waals surface area contributed by atoms with Gasteiger partial charge in [0.1, 0.15) is 0 Å². The van der Waals surface area contributed by atoms with Crippen LogP contribution < -0.4 is 0 Å². The Kier molecular flexibility index (Phi) is 3.58. The van der Waals surface area contributed by atoms with Crippen molar-refractivity contribution in [2.24, 2.45) is 5.10 Å². The van der Waals surface area contributed by atoms with Gasteiger partial charge >= 0.3 is 0 Å². The number of hydrazone groups is 1. The van der Waals surface area contributed by atoms with Crippen molar-refractivity contribution in [2.45, 2.75) is 13.5 Å². The van der Waals surface area contributed by atoms with Crippen LogP contribution in [-0.2, 0) is 6.54 Å². The van der Waals surface area contributed by atoms with E-state index in [0.717, 1.165) is 23.6 Å². The van der Waals surface area contributed by atoms with Crippen molar-refractivity contribution >= 4 is 16.9 Å². The molecule has 0 aromatic carbocycles. The van der Waals surface area contributed by atoms with E-state index in [2.05, 4.69) is 10.1 Å². The lowest BCUT2D eigenvalue weighted by Crippen LogP contribution is -2.24. The van der Waals surface area contributed by atoms with Gasteiger partial charge in [0.25, 0.3) is 0 Å². The Morgan fingerprint density at radius 3 is 3.12 bits per heavy atom. The monoisotopic (exact) mass is 252 g/mol. The first kappa shape index (κ1) is 11.8. The molecule has 0 saturated carbocycles. The first-order valence-electron chi connectivity index (χ1n) is 5.17. The Labute approximate surface area is 103 Å². The fourth-order valence-corrected chi connectivity index (χ4v) is 2.51. The maximum absolute atomic E-state index is 10.4. The Morgan fingerprint density at radius 2 is 2.47 bits per heavy atom. The molecule has 0 radical (unpaired) electrons. The van der Waals surface area contributed by atoms with Gasteiger partial charge in [-0.05, 0) is 18.6 Å². The standard InChI is InChI=1S/C10H12N4O2S/c1-8-2-3-9(6-11-8)7-13-4-5-17-10(13)12-14(15)16/h2-3,6H,4-5,7H2,1H3/b12-10-. The molecule has 0 spiro atoms. The fraction of sp³-hybridized carbons (Fsp3) is 0.400. The number of pyridine rings is 1. The van der Waals surface area contributed by atoms with Crippen LogP contribution in [0.4, 0.5) is 0 Å². The molecule has 1 aliphatic heterocycles. The highest BCUT2D eigenvalue weighted by Gasteiger charge is 2.22. The minimum Gasteiger partial charge on any atom is -0.341 e. The normalized spacial score (nSPS) is 17.7. The van der Waals surface area contributed by atoms with Gasteiger partial charge in [-0.25, -0.2) is 10.1 Å². The zero-order valence-electron chi connectivity index (χ0n) is 9.37. The van der Waals surface area contributed by atoms with Crippen LogP contribution in [0.1, 0.15) is 11.3 Å². The second kappa shape index (κ2) is 5.13. The lowest BCUT2D eigenvalue weighted by Gasteiger charge is -2.15. The molecule has 1 fully saturated rings. The van der Waals surface area contributed by atoms with Gasteiger partial charge in [0.2, 0.25) is 5.17 Å². The fourth-order valence-electron chi connectivity index (χ4n) is 1.56. The minimum atomic E-state index is -0.645. The number of aromatic nitrogens is 1. The van der Waals surface area contributed by atoms with Crippen molar-refractivity contribution in [3.05, 3.63) is 39.7 Å². The minimum absolute atomic E-state index is 0.482. The molecular weight excluding hydrogens is 240 g/mol. The van der Waals surface area contributed by atoms with E-state index in [0.29, 0.717) is 11.7 Å². The molecule has 17 heavy (non-hydrogen) atoms. The van der Waals surface area contributed by atoms with Crippen molar-refractivity contribution in [3.63, 3.8) is 0 Å². The van der Waals surface area contributed by atoms with Crippen LogP contribution in [0.15, 0.2) is 23.4 Å². The number of hydrogen-bond acceptors (Lipinski definition) is 4. The third kappa shape index (κ3) is 3.16. The summed E-state index contributed by atoms with van der Waals surface area (Å²) in [7, 11) is 0. The summed E-state index contributed by atoms with van der Waals surface area (Å²) in [5.74, 6) is 0.839. The molecule has 90 valence electrons. The SMILES string of the molecule is Cc1ccc(CN2CCS/C2=N\[N+](=O)[O-])cn1. The van der Waals surface area contributed by atoms with E-state index in [9.17, 15) is 10.1 Å². The highest BCUT2D eigenvalue weighted by atomic mass is 32.2. The topological polar surface area (TPSA) is 71.6 Å². The first-order chi connectivity index (χ1) is 8.15. The van der Waals surface area contributed by atoms with E-state index in [1.165, 1.54) is 11.8 Å². The van der Waals surface area contributed by atoms with Gasteiger partial charge in [-0.1, -0.05) is 17.8 Å². The second-order valence-electron chi connectivity index (χ2n) is 3.70. The van der Waals surface area contributed by atoms with E-state index in [1.54, 1.807) is 6.20 Å². The third-order valence-electron chi connectivity index (χ3n) is 2.38. The average molecular weight is 252 g/mol. The highest BCUT2D eigenvalue weighted by molar-refractivity contribution is 8.14. The zero-order valence-corrected chi connectivity index (χ0v) is 10.2. The van der Waals surface area contributed by atoms with Crippen LogP contribution in [0.25, 0.3) is 0 Å². The van der Waals surface area contributed by atoms with Gasteiger partial charge in [-0.2, -0.15) is 0 Å². The number of nitrogens with zero attached hydrogens (tertiary/aromatic N) is 4. The summed E-state index contributed by atoms with van der Waals surface area (Å²) in [4.78, 5) is 16.5. The average Bonchev–Trinajstić information content (AvgIpc) is 2.68. The van der Waals surface area contributed by atoms with E-state index >= 15 is 0 Å². The number of hydrogen-bond donors (Lipinski definition) is 0. The van der Waals surface area contributed by atoms with Crippen LogP contribution >= 0.6 is 11.8 Å². The number of amidine groups is 1. The Hall–Kier alpha value is -1.63. The molecular formula is C10H12N4O2S. The Balaban J connectivity index is 2.07. The molecule has 1 aliphatic rings. The quantitative estimate of drug-likeness (QED) is 0.602. The molecule has 0 bridgehead atoms. The summed E-state index contributed by atoms with van der Waals surface area (Å²) in [6.45, 7) is 3.33. The van der Waals surface area contributed by atoms with Crippen molar-refractivity contribution in [2.75, 3.05) is 12.3 Å². The first-order valence-corrected chi connectivity index (χ1v) is 6.16. The van der Waals surface area contributed by atoms with Crippen molar-refractivity contribution in [1.82, 2.24) is 9.88 Å². The maximum Gasteiger partial charge on any atom is 0.238 e. The molecule has 6 nitrogen and oxygen atoms in total. The largest absolute Gasteiger partial charge is 0.341 e. The molecule has 0 amide bonds. The molecule has 1 aromatic rings. The van der Waals surface area contributed by atoms with Crippen molar-refractivity contribution in [1.29, 1.82) is 0 Å².